The van der Waals surface area contributed by atoms with E-state index in [2.05, 4.69) is 10.5 Å². The second kappa shape index (κ2) is 9.09. The summed E-state index contributed by atoms with van der Waals surface area (Å²) in [7, 11) is 0. The molecule has 0 aromatic heterocycles. The van der Waals surface area contributed by atoms with Crippen molar-refractivity contribution in [2.24, 2.45) is 5.10 Å². The van der Waals surface area contributed by atoms with E-state index in [4.69, 9.17) is 4.74 Å². The molecule has 1 amide bonds. The first-order valence-corrected chi connectivity index (χ1v) is 8.46. The maximum atomic E-state index is 12.1. The van der Waals surface area contributed by atoms with Gasteiger partial charge in [0.25, 0.3) is 11.6 Å². The summed E-state index contributed by atoms with van der Waals surface area (Å²) in [6.07, 6.45) is 1.48. The predicted molar refractivity (Wildman–Crippen MR) is 105 cm³/mol. The van der Waals surface area contributed by atoms with Crippen LogP contribution < -0.4 is 10.2 Å². The summed E-state index contributed by atoms with van der Waals surface area (Å²) in [5, 5.41) is 14.7. The molecule has 0 saturated carbocycles. The zero-order chi connectivity index (χ0) is 19.8. The Morgan fingerprint density at radius 3 is 2.61 bits per heavy atom. The number of rotatable bonds is 7. The zero-order valence-corrected chi connectivity index (χ0v) is 14.8. The molecule has 140 valence electrons. The standard InChI is InChI=1S/C21H17N3O4/c25-21(18-9-5-10-19(13-18)24(26)27)23-22-14-17-8-4-11-20(12-17)28-15-16-6-2-1-3-7-16/h1-14H,15H2,(H,23,25)/b22-14-. The van der Waals surface area contributed by atoms with E-state index in [0.717, 1.165) is 11.1 Å². The minimum Gasteiger partial charge on any atom is -0.489 e. The summed E-state index contributed by atoms with van der Waals surface area (Å²) in [6.45, 7) is 0.449. The Bertz CT molecular complexity index is 1000. The van der Waals surface area contributed by atoms with Crippen LogP contribution in [0, 0.1) is 10.1 Å². The lowest BCUT2D eigenvalue weighted by atomic mass is 10.2. The Kier molecular flexibility index (Phi) is 6.10. The van der Waals surface area contributed by atoms with Crippen LogP contribution >= 0.6 is 0 Å². The van der Waals surface area contributed by atoms with Crippen LogP contribution in [0.2, 0.25) is 0 Å². The van der Waals surface area contributed by atoms with Gasteiger partial charge in [-0.05, 0) is 29.3 Å². The number of benzene rings is 3. The fourth-order valence-corrected chi connectivity index (χ4v) is 2.42. The number of nitro benzene ring substituents is 1. The average Bonchev–Trinajstić information content (AvgIpc) is 2.73. The van der Waals surface area contributed by atoms with Crippen molar-refractivity contribution in [3.8, 4) is 5.75 Å². The lowest BCUT2D eigenvalue weighted by molar-refractivity contribution is -0.384. The first-order chi connectivity index (χ1) is 13.6. The Morgan fingerprint density at radius 2 is 1.82 bits per heavy atom. The quantitative estimate of drug-likeness (QED) is 0.384. The summed E-state index contributed by atoms with van der Waals surface area (Å²) >= 11 is 0. The molecule has 0 saturated heterocycles. The Hall–Kier alpha value is -4.00. The van der Waals surface area contributed by atoms with Crippen LogP contribution in [0.1, 0.15) is 21.5 Å². The Morgan fingerprint density at radius 1 is 1.04 bits per heavy atom. The van der Waals surface area contributed by atoms with E-state index < -0.39 is 10.8 Å². The van der Waals surface area contributed by atoms with Gasteiger partial charge in [0.1, 0.15) is 12.4 Å². The fraction of sp³-hybridized carbons (Fsp3) is 0.0476. The summed E-state index contributed by atoms with van der Waals surface area (Å²) in [5.41, 5.74) is 4.17. The van der Waals surface area contributed by atoms with Gasteiger partial charge >= 0.3 is 0 Å². The van der Waals surface area contributed by atoms with Crippen LogP contribution in [0.3, 0.4) is 0 Å². The van der Waals surface area contributed by atoms with Gasteiger partial charge in [-0.25, -0.2) is 5.43 Å². The van der Waals surface area contributed by atoms with Crippen molar-refractivity contribution in [3.63, 3.8) is 0 Å². The van der Waals surface area contributed by atoms with Crippen molar-refractivity contribution in [2.75, 3.05) is 0 Å². The molecule has 0 fully saturated rings. The third-order valence-electron chi connectivity index (χ3n) is 3.81. The third-order valence-corrected chi connectivity index (χ3v) is 3.81. The second-order valence-electron chi connectivity index (χ2n) is 5.85. The number of nitro groups is 1. The molecule has 0 aliphatic carbocycles. The van der Waals surface area contributed by atoms with Gasteiger partial charge in [0, 0.05) is 17.7 Å². The summed E-state index contributed by atoms with van der Waals surface area (Å²) in [6, 6.07) is 22.5. The Labute approximate surface area is 161 Å². The van der Waals surface area contributed by atoms with Gasteiger partial charge < -0.3 is 4.74 Å². The molecular formula is C21H17N3O4. The number of amides is 1. The van der Waals surface area contributed by atoms with Gasteiger partial charge in [-0.2, -0.15) is 5.10 Å². The van der Waals surface area contributed by atoms with Gasteiger partial charge in [0.05, 0.1) is 11.1 Å². The number of hydrogen-bond donors (Lipinski definition) is 1. The second-order valence-corrected chi connectivity index (χ2v) is 5.85. The number of carbonyl (C=O) groups is 1. The van der Waals surface area contributed by atoms with Gasteiger partial charge in [0.15, 0.2) is 0 Å². The minimum absolute atomic E-state index is 0.153. The molecule has 0 radical (unpaired) electrons. The predicted octanol–water partition coefficient (Wildman–Crippen LogP) is 3.94. The largest absolute Gasteiger partial charge is 0.489 e. The third kappa shape index (κ3) is 5.25. The lowest BCUT2D eigenvalue weighted by Crippen LogP contribution is -2.17. The molecule has 0 atom stereocenters. The van der Waals surface area contributed by atoms with Crippen LogP contribution in [0.15, 0.2) is 84.0 Å². The van der Waals surface area contributed by atoms with Crippen LogP contribution in [-0.4, -0.2) is 17.0 Å². The van der Waals surface area contributed by atoms with Gasteiger partial charge in [-0.3, -0.25) is 14.9 Å². The van der Waals surface area contributed by atoms with E-state index in [1.54, 1.807) is 6.07 Å². The van der Waals surface area contributed by atoms with E-state index in [1.807, 2.05) is 48.5 Å². The summed E-state index contributed by atoms with van der Waals surface area (Å²) in [5.74, 6) is 0.147. The first kappa shape index (κ1) is 18.8. The molecule has 3 aromatic rings. The monoisotopic (exact) mass is 375 g/mol. The highest BCUT2D eigenvalue weighted by Gasteiger charge is 2.10. The molecule has 0 spiro atoms. The number of hydrazone groups is 1. The van der Waals surface area contributed by atoms with Crippen molar-refractivity contribution in [3.05, 3.63) is 106 Å². The molecule has 0 heterocycles. The lowest BCUT2D eigenvalue weighted by Gasteiger charge is -2.06. The van der Waals surface area contributed by atoms with E-state index in [0.29, 0.717) is 12.4 Å². The molecule has 0 bridgehead atoms. The highest BCUT2D eigenvalue weighted by Crippen LogP contribution is 2.15. The molecular weight excluding hydrogens is 358 g/mol. The maximum absolute atomic E-state index is 12.1. The van der Waals surface area contributed by atoms with Crippen LogP contribution in [-0.2, 0) is 6.61 Å². The van der Waals surface area contributed by atoms with Crippen LogP contribution in [0.25, 0.3) is 0 Å². The van der Waals surface area contributed by atoms with Crippen molar-refractivity contribution < 1.29 is 14.5 Å². The van der Waals surface area contributed by atoms with E-state index >= 15 is 0 Å². The van der Waals surface area contributed by atoms with E-state index in [-0.39, 0.29) is 11.3 Å². The number of nitrogens with one attached hydrogen (secondary N) is 1. The summed E-state index contributed by atoms with van der Waals surface area (Å²) in [4.78, 5) is 22.3. The maximum Gasteiger partial charge on any atom is 0.271 e. The SMILES string of the molecule is O=C(N/N=C\c1cccc(OCc2ccccc2)c1)c1cccc([N+](=O)[O-])c1. The molecule has 0 aliphatic rings. The van der Waals surface area contributed by atoms with Crippen LogP contribution in [0.5, 0.6) is 5.75 Å². The molecule has 7 heteroatoms. The topological polar surface area (TPSA) is 93.8 Å². The summed E-state index contributed by atoms with van der Waals surface area (Å²) < 4.78 is 5.75. The smallest absolute Gasteiger partial charge is 0.271 e. The van der Waals surface area contributed by atoms with Gasteiger partial charge in [-0.15, -0.1) is 0 Å². The molecule has 0 aliphatic heterocycles. The molecule has 0 unspecified atom stereocenters. The fourth-order valence-electron chi connectivity index (χ4n) is 2.42. The molecule has 3 rings (SSSR count). The number of hydrogen-bond acceptors (Lipinski definition) is 5. The molecule has 7 nitrogen and oxygen atoms in total. The average molecular weight is 375 g/mol. The number of ether oxygens (including phenoxy) is 1. The Balaban J connectivity index is 1.59. The number of nitrogens with zero attached hydrogens (tertiary/aromatic N) is 2. The molecule has 1 N–H and O–H groups in total. The van der Waals surface area contributed by atoms with E-state index in [9.17, 15) is 14.9 Å². The van der Waals surface area contributed by atoms with Crippen molar-refractivity contribution in [1.29, 1.82) is 0 Å². The van der Waals surface area contributed by atoms with Gasteiger partial charge in [0.2, 0.25) is 0 Å². The van der Waals surface area contributed by atoms with Crippen molar-refractivity contribution in [1.82, 2.24) is 5.43 Å². The van der Waals surface area contributed by atoms with E-state index in [1.165, 1.54) is 30.5 Å². The number of carbonyl (C=O) groups excluding carboxylic acids is 1. The van der Waals surface area contributed by atoms with Crippen LogP contribution in [0.4, 0.5) is 5.69 Å². The highest BCUT2D eigenvalue weighted by molar-refractivity contribution is 5.95. The molecule has 3 aromatic carbocycles. The van der Waals surface area contributed by atoms with Crippen molar-refractivity contribution >= 4 is 17.8 Å². The van der Waals surface area contributed by atoms with Gasteiger partial charge in [-0.1, -0.05) is 48.5 Å². The first-order valence-electron chi connectivity index (χ1n) is 8.46. The zero-order valence-electron chi connectivity index (χ0n) is 14.8. The number of non-ortho nitro benzene ring substituents is 1. The van der Waals surface area contributed by atoms with Crippen molar-refractivity contribution in [2.45, 2.75) is 6.61 Å². The highest BCUT2D eigenvalue weighted by atomic mass is 16.6. The minimum atomic E-state index is -0.555. The molecule has 28 heavy (non-hydrogen) atoms. The normalized spacial score (nSPS) is 10.6.